The number of benzene rings is 1. The number of aromatic nitrogens is 2. The molecule has 21 heavy (non-hydrogen) atoms. The summed E-state index contributed by atoms with van der Waals surface area (Å²) in [7, 11) is 1.76. The Morgan fingerprint density at radius 3 is 2.86 bits per heavy atom. The summed E-state index contributed by atoms with van der Waals surface area (Å²) in [4.78, 5) is 20.6. The summed E-state index contributed by atoms with van der Waals surface area (Å²) in [5.74, 6) is -0.196. The van der Waals surface area contributed by atoms with Gasteiger partial charge in [0.15, 0.2) is 0 Å². The molecule has 0 spiro atoms. The first-order chi connectivity index (χ1) is 10.3. The van der Waals surface area contributed by atoms with Crippen LogP contribution in [-0.4, -0.2) is 22.9 Å². The quantitative estimate of drug-likeness (QED) is 0.773. The first-order valence-corrected chi connectivity index (χ1v) is 6.56. The Kier molecular flexibility index (Phi) is 3.47. The van der Waals surface area contributed by atoms with Gasteiger partial charge in [0.1, 0.15) is 0 Å². The summed E-state index contributed by atoms with van der Waals surface area (Å²) in [6.07, 6.45) is 4.86. The summed E-state index contributed by atoms with van der Waals surface area (Å²) < 4.78 is 0. The predicted molar refractivity (Wildman–Crippen MR) is 83.5 cm³/mol. The van der Waals surface area contributed by atoms with Crippen LogP contribution in [0.15, 0.2) is 55.0 Å². The second kappa shape index (κ2) is 5.58. The van der Waals surface area contributed by atoms with Crippen molar-refractivity contribution in [1.82, 2.24) is 9.97 Å². The summed E-state index contributed by atoms with van der Waals surface area (Å²) in [6.45, 7) is 0. The molecule has 2 N–H and O–H groups in total. The molecule has 0 unspecified atom stereocenters. The number of fused-ring (bicyclic) bond motifs is 1. The van der Waals surface area contributed by atoms with Gasteiger partial charge in [-0.3, -0.25) is 14.8 Å². The van der Waals surface area contributed by atoms with Crippen LogP contribution in [-0.2, 0) is 0 Å². The number of para-hydroxylation sites is 1. The standard InChI is InChI=1S/C16H14N4O/c1-17-15-10-18-7-6-13(15)16(21)20-12-8-11-4-2-3-5-14(11)19-9-12/h2-10,17H,1H3,(H,20,21). The number of hydrogen-bond acceptors (Lipinski definition) is 4. The highest BCUT2D eigenvalue weighted by Gasteiger charge is 2.11. The number of carbonyl (C=O) groups is 1. The second-order valence-corrected chi connectivity index (χ2v) is 4.54. The fourth-order valence-electron chi connectivity index (χ4n) is 2.13. The molecule has 0 aliphatic heterocycles. The lowest BCUT2D eigenvalue weighted by molar-refractivity contribution is 0.102. The van der Waals surface area contributed by atoms with E-state index < -0.39 is 0 Å². The van der Waals surface area contributed by atoms with Crippen LogP contribution in [0.5, 0.6) is 0 Å². The van der Waals surface area contributed by atoms with E-state index in [1.165, 1.54) is 0 Å². The minimum absolute atomic E-state index is 0.196. The van der Waals surface area contributed by atoms with E-state index in [1.807, 2.05) is 30.3 Å². The molecule has 104 valence electrons. The summed E-state index contributed by atoms with van der Waals surface area (Å²) >= 11 is 0. The Balaban J connectivity index is 1.89. The molecule has 0 atom stereocenters. The third-order valence-corrected chi connectivity index (χ3v) is 3.18. The van der Waals surface area contributed by atoms with Crippen molar-refractivity contribution < 1.29 is 4.79 Å². The van der Waals surface area contributed by atoms with Crippen molar-refractivity contribution in [1.29, 1.82) is 0 Å². The van der Waals surface area contributed by atoms with Crippen LogP contribution in [0.4, 0.5) is 11.4 Å². The Labute approximate surface area is 122 Å². The van der Waals surface area contributed by atoms with Crippen molar-refractivity contribution in [2.75, 3.05) is 17.7 Å². The van der Waals surface area contributed by atoms with Crippen LogP contribution >= 0.6 is 0 Å². The zero-order chi connectivity index (χ0) is 14.7. The van der Waals surface area contributed by atoms with Crippen LogP contribution in [0, 0.1) is 0 Å². The van der Waals surface area contributed by atoms with Gasteiger partial charge in [-0.25, -0.2) is 0 Å². The van der Waals surface area contributed by atoms with Gasteiger partial charge >= 0.3 is 0 Å². The maximum Gasteiger partial charge on any atom is 0.257 e. The van der Waals surface area contributed by atoms with Gasteiger partial charge in [-0.1, -0.05) is 18.2 Å². The minimum Gasteiger partial charge on any atom is -0.386 e. The van der Waals surface area contributed by atoms with E-state index in [2.05, 4.69) is 20.6 Å². The first-order valence-electron chi connectivity index (χ1n) is 6.56. The Morgan fingerprint density at radius 2 is 2.00 bits per heavy atom. The Hall–Kier alpha value is -2.95. The van der Waals surface area contributed by atoms with Crippen molar-refractivity contribution in [3.63, 3.8) is 0 Å². The molecule has 0 fully saturated rings. The van der Waals surface area contributed by atoms with E-state index in [1.54, 1.807) is 31.7 Å². The van der Waals surface area contributed by atoms with Gasteiger partial charge in [0.25, 0.3) is 5.91 Å². The fourth-order valence-corrected chi connectivity index (χ4v) is 2.13. The molecule has 1 amide bonds. The summed E-state index contributed by atoms with van der Waals surface area (Å²) in [5.41, 5.74) is 2.79. The highest BCUT2D eigenvalue weighted by atomic mass is 16.1. The number of hydrogen-bond donors (Lipinski definition) is 2. The molecule has 3 rings (SSSR count). The van der Waals surface area contributed by atoms with Crippen molar-refractivity contribution in [3.05, 3.63) is 60.6 Å². The van der Waals surface area contributed by atoms with Crippen molar-refractivity contribution in [3.8, 4) is 0 Å². The highest BCUT2D eigenvalue weighted by Crippen LogP contribution is 2.18. The molecule has 0 radical (unpaired) electrons. The molecule has 3 aromatic rings. The smallest absolute Gasteiger partial charge is 0.257 e. The minimum atomic E-state index is -0.196. The lowest BCUT2D eigenvalue weighted by Crippen LogP contribution is -2.14. The number of amides is 1. The largest absolute Gasteiger partial charge is 0.386 e. The average Bonchev–Trinajstić information content (AvgIpc) is 2.54. The zero-order valence-corrected chi connectivity index (χ0v) is 11.5. The number of carbonyl (C=O) groups excluding carboxylic acids is 1. The van der Waals surface area contributed by atoms with Gasteiger partial charge in [-0.15, -0.1) is 0 Å². The van der Waals surface area contributed by atoms with Gasteiger partial charge in [0, 0.05) is 18.6 Å². The summed E-state index contributed by atoms with van der Waals surface area (Å²) in [6, 6.07) is 11.4. The molecule has 0 aliphatic carbocycles. The van der Waals surface area contributed by atoms with E-state index in [0.29, 0.717) is 16.9 Å². The molecule has 1 aromatic carbocycles. The van der Waals surface area contributed by atoms with Gasteiger partial charge in [0.05, 0.1) is 34.8 Å². The van der Waals surface area contributed by atoms with E-state index in [9.17, 15) is 4.79 Å². The molecule has 0 bridgehead atoms. The fraction of sp³-hybridized carbons (Fsp3) is 0.0625. The van der Waals surface area contributed by atoms with Crippen LogP contribution in [0.25, 0.3) is 10.9 Å². The van der Waals surface area contributed by atoms with Crippen LogP contribution in [0.1, 0.15) is 10.4 Å². The van der Waals surface area contributed by atoms with Crippen molar-refractivity contribution in [2.24, 2.45) is 0 Å². The SMILES string of the molecule is CNc1cnccc1C(=O)Nc1cnc2ccccc2c1. The second-order valence-electron chi connectivity index (χ2n) is 4.54. The lowest BCUT2D eigenvalue weighted by atomic mass is 10.2. The van der Waals surface area contributed by atoms with E-state index in [0.717, 1.165) is 10.9 Å². The van der Waals surface area contributed by atoms with E-state index in [4.69, 9.17) is 0 Å². The van der Waals surface area contributed by atoms with Gasteiger partial charge in [-0.05, 0) is 18.2 Å². The maximum absolute atomic E-state index is 12.3. The average molecular weight is 278 g/mol. The number of anilines is 2. The maximum atomic E-state index is 12.3. The Morgan fingerprint density at radius 1 is 1.14 bits per heavy atom. The third kappa shape index (κ3) is 2.67. The number of nitrogens with one attached hydrogen (secondary N) is 2. The normalized spacial score (nSPS) is 10.3. The molecular formula is C16H14N4O. The molecule has 0 aliphatic rings. The number of rotatable bonds is 3. The van der Waals surface area contributed by atoms with Crippen LogP contribution in [0.2, 0.25) is 0 Å². The number of pyridine rings is 2. The monoisotopic (exact) mass is 278 g/mol. The Bertz CT molecular complexity index is 801. The van der Waals surface area contributed by atoms with E-state index >= 15 is 0 Å². The lowest BCUT2D eigenvalue weighted by Gasteiger charge is -2.09. The molecule has 2 aromatic heterocycles. The van der Waals surface area contributed by atoms with Gasteiger partial charge in [-0.2, -0.15) is 0 Å². The molecule has 0 saturated heterocycles. The van der Waals surface area contributed by atoms with Crippen molar-refractivity contribution in [2.45, 2.75) is 0 Å². The predicted octanol–water partition coefficient (Wildman–Crippen LogP) is 2.92. The summed E-state index contributed by atoms with van der Waals surface area (Å²) in [5, 5.41) is 6.79. The molecule has 5 heteroatoms. The van der Waals surface area contributed by atoms with E-state index in [-0.39, 0.29) is 5.91 Å². The van der Waals surface area contributed by atoms with Crippen molar-refractivity contribution >= 4 is 28.2 Å². The number of nitrogens with zero attached hydrogens (tertiary/aromatic N) is 2. The van der Waals surface area contributed by atoms with Crippen LogP contribution < -0.4 is 10.6 Å². The highest BCUT2D eigenvalue weighted by molar-refractivity contribution is 6.08. The zero-order valence-electron chi connectivity index (χ0n) is 11.5. The van der Waals surface area contributed by atoms with Crippen LogP contribution in [0.3, 0.4) is 0 Å². The third-order valence-electron chi connectivity index (χ3n) is 3.18. The molecule has 0 saturated carbocycles. The molecule has 2 heterocycles. The molecular weight excluding hydrogens is 264 g/mol. The topological polar surface area (TPSA) is 66.9 Å². The molecule has 5 nitrogen and oxygen atoms in total. The van der Waals surface area contributed by atoms with Gasteiger partial charge < -0.3 is 10.6 Å². The van der Waals surface area contributed by atoms with Gasteiger partial charge in [0.2, 0.25) is 0 Å². The first kappa shape index (κ1) is 13.1.